The molecule has 0 atom stereocenters. The zero-order valence-electron chi connectivity index (χ0n) is 7.77. The average molecular weight is 206 g/mol. The molecule has 1 heterocycles. The maximum Gasteiger partial charge on any atom is 0.189 e. The van der Waals surface area contributed by atoms with E-state index in [1.54, 1.807) is 0 Å². The van der Waals surface area contributed by atoms with Gasteiger partial charge in [-0.2, -0.15) is 5.26 Å². The minimum Gasteiger partial charge on any atom is -0.382 e. The molecule has 0 saturated carbocycles. The Kier molecular flexibility index (Phi) is 3.95. The molecule has 0 bridgehead atoms. The van der Waals surface area contributed by atoms with Crippen molar-refractivity contribution in [1.29, 1.82) is 5.26 Å². The van der Waals surface area contributed by atoms with Crippen molar-refractivity contribution in [3.63, 3.8) is 0 Å². The minimum absolute atomic E-state index is 0.241. The van der Waals surface area contributed by atoms with E-state index >= 15 is 0 Å². The maximum absolute atomic E-state index is 8.60. The van der Waals surface area contributed by atoms with E-state index in [0.717, 1.165) is 5.75 Å². The summed E-state index contributed by atoms with van der Waals surface area (Å²) in [6, 6.07) is 1.92. The number of aromatic nitrogens is 2. The molecule has 0 aromatic carbocycles. The molecule has 0 unspecified atom stereocenters. The molecule has 0 aliphatic rings. The van der Waals surface area contributed by atoms with Crippen molar-refractivity contribution >= 4 is 17.6 Å². The molecule has 2 N–H and O–H groups in total. The first-order valence-corrected chi connectivity index (χ1v) is 5.03. The highest BCUT2D eigenvalue weighted by atomic mass is 32.2. The third-order valence-electron chi connectivity index (χ3n) is 1.46. The Bertz CT molecular complexity index is 381. The van der Waals surface area contributed by atoms with Gasteiger partial charge in [-0.25, -0.2) is 9.97 Å². The van der Waals surface area contributed by atoms with Crippen LogP contribution in [0, 0.1) is 11.3 Å². The van der Waals surface area contributed by atoms with Crippen molar-refractivity contribution in [1.82, 2.24) is 9.97 Å². The van der Waals surface area contributed by atoms with Gasteiger partial charge in [0.15, 0.2) is 5.16 Å². The van der Waals surface area contributed by atoms with Gasteiger partial charge in [0.25, 0.3) is 0 Å². The summed E-state index contributed by atoms with van der Waals surface area (Å²) in [6.07, 6.45) is 5.41. The quantitative estimate of drug-likeness (QED) is 0.462. The summed E-state index contributed by atoms with van der Waals surface area (Å²) < 4.78 is 0. The van der Waals surface area contributed by atoms with E-state index in [2.05, 4.69) is 9.97 Å². The lowest BCUT2D eigenvalue weighted by atomic mass is 10.3. The molecule has 0 amide bonds. The van der Waals surface area contributed by atoms with Gasteiger partial charge in [0.05, 0.1) is 6.20 Å². The van der Waals surface area contributed by atoms with Gasteiger partial charge in [-0.05, 0) is 6.92 Å². The molecule has 1 rings (SSSR count). The predicted octanol–water partition coefficient (Wildman–Crippen LogP) is 1.60. The van der Waals surface area contributed by atoms with E-state index in [-0.39, 0.29) is 5.82 Å². The van der Waals surface area contributed by atoms with Crippen molar-refractivity contribution in [2.45, 2.75) is 12.1 Å². The molecule has 0 spiro atoms. The Labute approximate surface area is 86.9 Å². The number of nitriles is 1. The van der Waals surface area contributed by atoms with Crippen LogP contribution in [0.5, 0.6) is 0 Å². The average Bonchev–Trinajstić information content (AvgIpc) is 2.18. The largest absolute Gasteiger partial charge is 0.382 e. The van der Waals surface area contributed by atoms with Crippen molar-refractivity contribution in [2.24, 2.45) is 0 Å². The number of anilines is 1. The van der Waals surface area contributed by atoms with Crippen molar-refractivity contribution in [2.75, 3.05) is 11.5 Å². The van der Waals surface area contributed by atoms with Crippen LogP contribution in [0.3, 0.4) is 0 Å². The number of rotatable bonds is 3. The molecule has 4 nitrogen and oxygen atoms in total. The molecule has 0 saturated heterocycles. The van der Waals surface area contributed by atoms with Crippen LogP contribution in [-0.2, 0) is 0 Å². The fourth-order valence-corrected chi connectivity index (χ4v) is 1.48. The lowest BCUT2D eigenvalue weighted by Gasteiger charge is -1.99. The van der Waals surface area contributed by atoms with Gasteiger partial charge in [0, 0.05) is 5.75 Å². The molecular formula is C9H10N4S. The number of nitrogens with two attached hydrogens (primary N) is 1. The number of nitrogens with zero attached hydrogens (tertiary/aromatic N) is 3. The third-order valence-corrected chi connectivity index (χ3v) is 2.27. The lowest BCUT2D eigenvalue weighted by Crippen LogP contribution is -1.98. The Hall–Kier alpha value is -1.54. The van der Waals surface area contributed by atoms with Crippen LogP contribution in [0.15, 0.2) is 23.5 Å². The van der Waals surface area contributed by atoms with E-state index < -0.39 is 0 Å². The Morgan fingerprint density at radius 1 is 1.71 bits per heavy atom. The predicted molar refractivity (Wildman–Crippen MR) is 56.7 cm³/mol. The van der Waals surface area contributed by atoms with E-state index in [9.17, 15) is 0 Å². The van der Waals surface area contributed by atoms with Crippen LogP contribution in [0.4, 0.5) is 5.82 Å². The minimum atomic E-state index is 0.241. The highest BCUT2D eigenvalue weighted by Gasteiger charge is 2.02. The summed E-state index contributed by atoms with van der Waals surface area (Å²) in [7, 11) is 0. The van der Waals surface area contributed by atoms with Gasteiger partial charge < -0.3 is 5.73 Å². The molecule has 1 aromatic heterocycles. The first-order chi connectivity index (χ1) is 6.77. The van der Waals surface area contributed by atoms with Gasteiger partial charge in [0.1, 0.15) is 17.5 Å². The fraction of sp³-hybridized carbons (Fsp3) is 0.222. The summed E-state index contributed by atoms with van der Waals surface area (Å²) in [4.78, 5) is 7.99. The molecule has 0 aliphatic heterocycles. The topological polar surface area (TPSA) is 75.6 Å². The molecule has 5 heteroatoms. The zero-order valence-corrected chi connectivity index (χ0v) is 8.58. The molecule has 0 fully saturated rings. The maximum atomic E-state index is 8.60. The summed E-state index contributed by atoms with van der Waals surface area (Å²) in [6.45, 7) is 1.95. The van der Waals surface area contributed by atoms with Crippen LogP contribution in [0.2, 0.25) is 0 Å². The summed E-state index contributed by atoms with van der Waals surface area (Å²) in [5.41, 5.74) is 5.85. The number of thioether (sulfide) groups is 1. The highest BCUT2D eigenvalue weighted by molar-refractivity contribution is 7.99. The number of allylic oxidation sites excluding steroid dienone is 1. The lowest BCUT2D eigenvalue weighted by molar-refractivity contribution is 0.971. The second kappa shape index (κ2) is 5.25. The molecule has 0 aliphatic carbocycles. The first kappa shape index (κ1) is 10.5. The van der Waals surface area contributed by atoms with Crippen LogP contribution in [0.1, 0.15) is 12.5 Å². The summed E-state index contributed by atoms with van der Waals surface area (Å²) >= 11 is 1.48. The monoisotopic (exact) mass is 206 g/mol. The Morgan fingerprint density at radius 3 is 3.07 bits per heavy atom. The summed E-state index contributed by atoms with van der Waals surface area (Å²) in [5.74, 6) is 1.05. The molecule has 1 aromatic rings. The standard InChI is InChI=1S/C9H10N4S/c1-2-3-4-14-9-12-6-7(5-10)8(11)13-9/h2-3,6H,4H2,1H3,(H2,11,12,13)/b3-2+. The van der Waals surface area contributed by atoms with Gasteiger partial charge in [-0.1, -0.05) is 23.9 Å². The van der Waals surface area contributed by atoms with Crippen LogP contribution in [-0.4, -0.2) is 15.7 Å². The Morgan fingerprint density at radius 2 is 2.50 bits per heavy atom. The van der Waals surface area contributed by atoms with Gasteiger partial charge in [0.2, 0.25) is 0 Å². The third kappa shape index (κ3) is 2.75. The molecule has 72 valence electrons. The van der Waals surface area contributed by atoms with E-state index in [1.807, 2.05) is 25.1 Å². The van der Waals surface area contributed by atoms with E-state index in [0.29, 0.717) is 10.7 Å². The fourth-order valence-electron chi connectivity index (χ4n) is 0.753. The second-order valence-corrected chi connectivity index (χ2v) is 3.43. The number of hydrogen-bond donors (Lipinski definition) is 1. The summed E-state index contributed by atoms with van der Waals surface area (Å²) in [5, 5.41) is 9.19. The molecular weight excluding hydrogens is 196 g/mol. The first-order valence-electron chi connectivity index (χ1n) is 4.04. The number of nitrogen functional groups attached to an aromatic ring is 1. The molecule has 0 radical (unpaired) electrons. The van der Waals surface area contributed by atoms with Crippen LogP contribution < -0.4 is 5.73 Å². The van der Waals surface area contributed by atoms with Crippen LogP contribution >= 0.6 is 11.8 Å². The van der Waals surface area contributed by atoms with Gasteiger partial charge in [-0.3, -0.25) is 0 Å². The van der Waals surface area contributed by atoms with E-state index in [1.165, 1.54) is 18.0 Å². The molecule has 14 heavy (non-hydrogen) atoms. The Balaban J connectivity index is 2.72. The van der Waals surface area contributed by atoms with Crippen molar-refractivity contribution in [3.8, 4) is 6.07 Å². The van der Waals surface area contributed by atoms with E-state index in [4.69, 9.17) is 11.0 Å². The second-order valence-electron chi connectivity index (χ2n) is 2.44. The SMILES string of the molecule is C/C=C/CSc1ncc(C#N)c(N)n1. The zero-order chi connectivity index (χ0) is 10.4. The van der Waals surface area contributed by atoms with Crippen molar-refractivity contribution in [3.05, 3.63) is 23.9 Å². The van der Waals surface area contributed by atoms with Crippen molar-refractivity contribution < 1.29 is 0 Å². The van der Waals surface area contributed by atoms with Gasteiger partial charge in [-0.15, -0.1) is 0 Å². The smallest absolute Gasteiger partial charge is 0.189 e. The van der Waals surface area contributed by atoms with Crippen LogP contribution in [0.25, 0.3) is 0 Å². The van der Waals surface area contributed by atoms with Gasteiger partial charge >= 0.3 is 0 Å². The highest BCUT2D eigenvalue weighted by Crippen LogP contribution is 2.15. The number of hydrogen-bond acceptors (Lipinski definition) is 5. The normalized spacial score (nSPS) is 10.3.